The van der Waals surface area contributed by atoms with E-state index in [-0.39, 0.29) is 0 Å². The summed E-state index contributed by atoms with van der Waals surface area (Å²) in [6.45, 7) is 4.70. The number of anilines is 2. The summed E-state index contributed by atoms with van der Waals surface area (Å²) >= 11 is 0. The van der Waals surface area contributed by atoms with Crippen molar-refractivity contribution in [3.63, 3.8) is 0 Å². The number of urea groups is 1. The normalized spacial score (nSPS) is 10.5. The standard InChI is InChI=1S/C18H20FN7O/c1-12-10-13(2)26(25-12)17-7-6-16(23-24-17)20-8-9-21-18(27)22-15-5-3-4-14(19)11-15/h3-7,10-11H,8-9H2,1-2H3,(H,20,23)(H2,21,22,27). The van der Waals surface area contributed by atoms with Crippen LogP contribution in [-0.2, 0) is 0 Å². The first-order chi connectivity index (χ1) is 13.0. The second-order valence-corrected chi connectivity index (χ2v) is 5.93. The highest BCUT2D eigenvalue weighted by atomic mass is 19.1. The lowest BCUT2D eigenvalue weighted by Crippen LogP contribution is -2.32. The maximum atomic E-state index is 13.1. The third-order valence-corrected chi connectivity index (χ3v) is 3.68. The number of nitrogens with zero attached hydrogens (tertiary/aromatic N) is 4. The van der Waals surface area contributed by atoms with Crippen LogP contribution in [0.15, 0.2) is 42.5 Å². The minimum atomic E-state index is -0.409. The number of hydrogen-bond acceptors (Lipinski definition) is 5. The predicted molar refractivity (Wildman–Crippen MR) is 101 cm³/mol. The minimum Gasteiger partial charge on any atom is -0.367 e. The molecule has 0 spiro atoms. The fraction of sp³-hybridized carbons (Fsp3) is 0.222. The van der Waals surface area contributed by atoms with Gasteiger partial charge in [-0.15, -0.1) is 10.2 Å². The molecule has 0 aliphatic heterocycles. The number of rotatable bonds is 6. The molecule has 3 N–H and O–H groups in total. The Hall–Kier alpha value is -3.49. The van der Waals surface area contributed by atoms with Gasteiger partial charge in [0, 0.05) is 24.5 Å². The number of benzene rings is 1. The van der Waals surface area contributed by atoms with E-state index in [9.17, 15) is 9.18 Å². The largest absolute Gasteiger partial charge is 0.367 e. The number of aryl methyl sites for hydroxylation is 2. The molecule has 0 atom stereocenters. The molecule has 1 aromatic carbocycles. The van der Waals surface area contributed by atoms with Gasteiger partial charge in [0.2, 0.25) is 0 Å². The molecule has 8 nitrogen and oxygen atoms in total. The topological polar surface area (TPSA) is 96.8 Å². The molecule has 9 heteroatoms. The monoisotopic (exact) mass is 369 g/mol. The van der Waals surface area contributed by atoms with Crippen molar-refractivity contribution < 1.29 is 9.18 Å². The maximum Gasteiger partial charge on any atom is 0.319 e. The number of amides is 2. The van der Waals surface area contributed by atoms with Gasteiger partial charge in [-0.3, -0.25) is 0 Å². The van der Waals surface area contributed by atoms with Crippen LogP contribution in [0.3, 0.4) is 0 Å². The van der Waals surface area contributed by atoms with E-state index >= 15 is 0 Å². The Kier molecular flexibility index (Phi) is 5.60. The number of hydrogen-bond donors (Lipinski definition) is 3. The first-order valence-corrected chi connectivity index (χ1v) is 8.43. The molecule has 3 aromatic rings. The van der Waals surface area contributed by atoms with Crippen molar-refractivity contribution in [2.45, 2.75) is 13.8 Å². The lowest BCUT2D eigenvalue weighted by atomic mass is 10.3. The Bertz CT molecular complexity index is 924. The summed E-state index contributed by atoms with van der Waals surface area (Å²) in [6, 6.07) is 10.9. The smallest absolute Gasteiger partial charge is 0.319 e. The maximum absolute atomic E-state index is 13.1. The van der Waals surface area contributed by atoms with E-state index in [0.717, 1.165) is 11.4 Å². The molecule has 0 radical (unpaired) electrons. The summed E-state index contributed by atoms with van der Waals surface area (Å²) in [4.78, 5) is 11.8. The van der Waals surface area contributed by atoms with Crippen LogP contribution in [0.1, 0.15) is 11.4 Å². The zero-order valence-electron chi connectivity index (χ0n) is 15.0. The Balaban J connectivity index is 1.44. The summed E-state index contributed by atoms with van der Waals surface area (Å²) in [5.41, 5.74) is 2.29. The van der Waals surface area contributed by atoms with Gasteiger partial charge in [0.15, 0.2) is 5.82 Å². The Morgan fingerprint density at radius 2 is 1.96 bits per heavy atom. The van der Waals surface area contributed by atoms with Crippen molar-refractivity contribution in [2.24, 2.45) is 0 Å². The van der Waals surface area contributed by atoms with Crippen LogP contribution in [0.2, 0.25) is 0 Å². The molecule has 3 rings (SSSR count). The Morgan fingerprint density at radius 1 is 1.11 bits per heavy atom. The number of carbonyl (C=O) groups is 1. The molecule has 0 aliphatic rings. The fourth-order valence-electron chi connectivity index (χ4n) is 2.50. The van der Waals surface area contributed by atoms with Crippen molar-refractivity contribution in [1.29, 1.82) is 0 Å². The van der Waals surface area contributed by atoms with Crippen LogP contribution in [-0.4, -0.2) is 39.1 Å². The van der Waals surface area contributed by atoms with Gasteiger partial charge < -0.3 is 16.0 Å². The van der Waals surface area contributed by atoms with E-state index < -0.39 is 11.8 Å². The fourth-order valence-corrected chi connectivity index (χ4v) is 2.50. The quantitative estimate of drug-likeness (QED) is 0.581. The average molecular weight is 369 g/mol. The van der Waals surface area contributed by atoms with Crippen molar-refractivity contribution >= 4 is 17.5 Å². The molecule has 0 saturated heterocycles. The minimum absolute atomic E-state index is 0.363. The van der Waals surface area contributed by atoms with Gasteiger partial charge in [-0.05, 0) is 50.2 Å². The number of nitrogens with one attached hydrogen (secondary N) is 3. The number of aromatic nitrogens is 4. The molecular formula is C18H20FN7O. The van der Waals surface area contributed by atoms with Crippen molar-refractivity contribution in [3.8, 4) is 5.82 Å². The van der Waals surface area contributed by atoms with E-state index in [0.29, 0.717) is 30.4 Å². The van der Waals surface area contributed by atoms with Crippen molar-refractivity contribution in [1.82, 2.24) is 25.3 Å². The molecule has 0 unspecified atom stereocenters. The second kappa shape index (κ2) is 8.26. The zero-order valence-corrected chi connectivity index (χ0v) is 15.0. The van der Waals surface area contributed by atoms with Gasteiger partial charge in [-0.1, -0.05) is 6.07 Å². The molecule has 140 valence electrons. The Morgan fingerprint density at radius 3 is 2.63 bits per heavy atom. The second-order valence-electron chi connectivity index (χ2n) is 5.93. The molecular weight excluding hydrogens is 349 g/mol. The van der Waals surface area contributed by atoms with Crippen LogP contribution >= 0.6 is 0 Å². The summed E-state index contributed by atoms with van der Waals surface area (Å²) in [6.07, 6.45) is 0. The van der Waals surface area contributed by atoms with Crippen LogP contribution in [0.4, 0.5) is 20.7 Å². The van der Waals surface area contributed by atoms with Gasteiger partial charge in [0.05, 0.1) is 5.69 Å². The van der Waals surface area contributed by atoms with E-state index in [4.69, 9.17) is 0 Å². The SMILES string of the molecule is Cc1cc(C)n(-c2ccc(NCCNC(=O)Nc3cccc(F)c3)nn2)n1. The molecule has 0 saturated carbocycles. The van der Waals surface area contributed by atoms with Crippen LogP contribution in [0, 0.1) is 19.7 Å². The lowest BCUT2D eigenvalue weighted by molar-refractivity contribution is 0.252. The summed E-state index contributed by atoms with van der Waals surface area (Å²) in [5.74, 6) is 0.823. The highest BCUT2D eigenvalue weighted by molar-refractivity contribution is 5.89. The van der Waals surface area contributed by atoms with Crippen molar-refractivity contribution in [2.75, 3.05) is 23.7 Å². The molecule has 0 bridgehead atoms. The van der Waals surface area contributed by atoms with E-state index in [1.807, 2.05) is 26.0 Å². The first-order valence-electron chi connectivity index (χ1n) is 8.43. The molecule has 2 heterocycles. The van der Waals surface area contributed by atoms with Crippen LogP contribution in [0.25, 0.3) is 5.82 Å². The Labute approximate surface area is 155 Å². The van der Waals surface area contributed by atoms with E-state index in [1.165, 1.54) is 18.2 Å². The molecule has 27 heavy (non-hydrogen) atoms. The summed E-state index contributed by atoms with van der Waals surface area (Å²) in [5, 5.41) is 20.9. The molecule has 0 aliphatic carbocycles. The number of carbonyl (C=O) groups excluding carboxylic acids is 1. The highest BCUT2D eigenvalue weighted by Crippen LogP contribution is 2.10. The average Bonchev–Trinajstić information content (AvgIpc) is 2.97. The molecule has 2 aromatic heterocycles. The van der Waals surface area contributed by atoms with E-state index in [2.05, 4.69) is 31.2 Å². The van der Waals surface area contributed by atoms with Gasteiger partial charge in [-0.25, -0.2) is 13.9 Å². The molecule has 0 fully saturated rings. The van der Waals surface area contributed by atoms with Gasteiger partial charge in [-0.2, -0.15) is 5.10 Å². The number of halogens is 1. The highest BCUT2D eigenvalue weighted by Gasteiger charge is 2.06. The predicted octanol–water partition coefficient (Wildman–Crippen LogP) is 2.65. The first kappa shape index (κ1) is 18.3. The van der Waals surface area contributed by atoms with Gasteiger partial charge in [0.25, 0.3) is 0 Å². The summed E-state index contributed by atoms with van der Waals surface area (Å²) in [7, 11) is 0. The summed E-state index contributed by atoms with van der Waals surface area (Å²) < 4.78 is 14.8. The van der Waals surface area contributed by atoms with Gasteiger partial charge >= 0.3 is 6.03 Å². The van der Waals surface area contributed by atoms with Crippen LogP contribution < -0.4 is 16.0 Å². The zero-order chi connectivity index (χ0) is 19.2. The van der Waals surface area contributed by atoms with Crippen molar-refractivity contribution in [3.05, 3.63) is 59.7 Å². The van der Waals surface area contributed by atoms with Crippen LogP contribution in [0.5, 0.6) is 0 Å². The molecule has 2 amide bonds. The van der Waals surface area contributed by atoms with E-state index in [1.54, 1.807) is 16.8 Å². The third-order valence-electron chi connectivity index (χ3n) is 3.68. The van der Waals surface area contributed by atoms with Gasteiger partial charge in [0.1, 0.15) is 11.6 Å². The third kappa shape index (κ3) is 5.00. The lowest BCUT2D eigenvalue weighted by Gasteiger charge is -2.09.